The van der Waals surface area contributed by atoms with E-state index in [2.05, 4.69) is 12.2 Å². The number of hydrogen-bond donors (Lipinski definition) is 1. The number of fused-ring (bicyclic) bond motifs is 2. The minimum Gasteiger partial charge on any atom is -0.490 e. The Kier molecular flexibility index (Phi) is 6.51. The molecule has 1 N–H and O–H groups in total. The van der Waals surface area contributed by atoms with Gasteiger partial charge in [-0.15, -0.1) is 0 Å². The SMILES string of the molecule is CCOc1cc(C(=O)N[C@@H](C)[C@@H]2C[C@H]3CC[C@H]2C3)cc(OCC)c1OCC. The molecule has 1 amide bonds. The third kappa shape index (κ3) is 4.33. The fourth-order valence-electron chi connectivity index (χ4n) is 4.82. The lowest BCUT2D eigenvalue weighted by Crippen LogP contribution is -2.40. The monoisotopic (exact) mass is 375 g/mol. The summed E-state index contributed by atoms with van der Waals surface area (Å²) in [6, 6.07) is 3.71. The predicted molar refractivity (Wildman–Crippen MR) is 106 cm³/mol. The van der Waals surface area contributed by atoms with Gasteiger partial charge in [-0.3, -0.25) is 4.79 Å². The van der Waals surface area contributed by atoms with Crippen molar-refractivity contribution in [3.05, 3.63) is 17.7 Å². The number of ether oxygens (including phenoxy) is 3. The van der Waals surface area contributed by atoms with Crippen molar-refractivity contribution in [1.82, 2.24) is 5.32 Å². The topological polar surface area (TPSA) is 56.8 Å². The maximum absolute atomic E-state index is 12.9. The van der Waals surface area contributed by atoms with Crippen LogP contribution in [0.15, 0.2) is 12.1 Å². The highest BCUT2D eigenvalue weighted by atomic mass is 16.5. The second-order valence-corrected chi connectivity index (χ2v) is 7.70. The molecular formula is C22H33NO4. The smallest absolute Gasteiger partial charge is 0.251 e. The van der Waals surface area contributed by atoms with Crippen molar-refractivity contribution in [1.29, 1.82) is 0 Å². The van der Waals surface area contributed by atoms with E-state index in [0.717, 1.165) is 11.8 Å². The molecule has 150 valence electrons. The number of carbonyl (C=O) groups is 1. The number of nitrogens with one attached hydrogen (secondary N) is 1. The molecule has 2 saturated carbocycles. The summed E-state index contributed by atoms with van der Waals surface area (Å²) < 4.78 is 17.2. The highest BCUT2D eigenvalue weighted by Gasteiger charge is 2.42. The predicted octanol–water partition coefficient (Wildman–Crippen LogP) is 4.44. The molecule has 4 atom stereocenters. The van der Waals surface area contributed by atoms with Gasteiger partial charge in [0.25, 0.3) is 5.91 Å². The lowest BCUT2D eigenvalue weighted by atomic mass is 9.84. The van der Waals surface area contributed by atoms with E-state index in [9.17, 15) is 4.79 Å². The highest BCUT2D eigenvalue weighted by Crippen LogP contribution is 2.49. The number of rotatable bonds is 9. The molecule has 2 aliphatic rings. The van der Waals surface area contributed by atoms with Gasteiger partial charge in [-0.1, -0.05) is 6.42 Å². The van der Waals surface area contributed by atoms with Crippen LogP contribution in [0, 0.1) is 17.8 Å². The Hall–Kier alpha value is -1.91. The van der Waals surface area contributed by atoms with Gasteiger partial charge in [-0.2, -0.15) is 0 Å². The van der Waals surface area contributed by atoms with E-state index in [1.54, 1.807) is 12.1 Å². The van der Waals surface area contributed by atoms with Crippen LogP contribution in [0.25, 0.3) is 0 Å². The maximum Gasteiger partial charge on any atom is 0.251 e. The second kappa shape index (κ2) is 8.85. The first kappa shape index (κ1) is 19.8. The van der Waals surface area contributed by atoms with Gasteiger partial charge in [-0.05, 0) is 76.8 Å². The molecule has 5 nitrogen and oxygen atoms in total. The average Bonchev–Trinajstić information content (AvgIpc) is 3.28. The molecule has 3 rings (SSSR count). The standard InChI is InChI=1S/C22H33NO4/c1-5-25-19-12-17(13-20(26-6-2)21(19)27-7-3)22(24)23-14(4)18-11-15-8-9-16(18)10-15/h12-16,18H,5-11H2,1-4H3,(H,23,24)/t14-,15-,16-,18-/m0/s1. The van der Waals surface area contributed by atoms with Gasteiger partial charge in [0, 0.05) is 11.6 Å². The van der Waals surface area contributed by atoms with Crippen LogP contribution in [0.4, 0.5) is 0 Å². The normalized spacial score (nSPS) is 24.5. The molecular weight excluding hydrogens is 342 g/mol. The zero-order valence-electron chi connectivity index (χ0n) is 17.0. The Bertz CT molecular complexity index is 633. The van der Waals surface area contributed by atoms with E-state index >= 15 is 0 Å². The van der Waals surface area contributed by atoms with Crippen LogP contribution < -0.4 is 19.5 Å². The molecule has 1 aromatic carbocycles. The second-order valence-electron chi connectivity index (χ2n) is 7.70. The average molecular weight is 376 g/mol. The zero-order chi connectivity index (χ0) is 19.4. The Morgan fingerprint density at radius 1 is 1.04 bits per heavy atom. The summed E-state index contributed by atoms with van der Waals surface area (Å²) in [6.07, 6.45) is 5.29. The van der Waals surface area contributed by atoms with Gasteiger partial charge < -0.3 is 19.5 Å². The molecule has 2 fully saturated rings. The zero-order valence-corrected chi connectivity index (χ0v) is 17.0. The number of amides is 1. The van der Waals surface area contributed by atoms with Crippen molar-refractivity contribution < 1.29 is 19.0 Å². The van der Waals surface area contributed by atoms with Crippen molar-refractivity contribution in [2.75, 3.05) is 19.8 Å². The molecule has 2 aliphatic carbocycles. The first-order valence-electron chi connectivity index (χ1n) is 10.4. The van der Waals surface area contributed by atoms with Crippen molar-refractivity contribution in [3.8, 4) is 17.2 Å². The van der Waals surface area contributed by atoms with Crippen LogP contribution in [0.3, 0.4) is 0 Å². The van der Waals surface area contributed by atoms with E-state index in [4.69, 9.17) is 14.2 Å². The minimum atomic E-state index is -0.0739. The fourth-order valence-corrected chi connectivity index (χ4v) is 4.82. The Balaban J connectivity index is 1.78. The van der Waals surface area contributed by atoms with E-state index < -0.39 is 0 Å². The summed E-state index contributed by atoms with van der Waals surface area (Å²) in [5.74, 6) is 3.87. The molecule has 0 heterocycles. The lowest BCUT2D eigenvalue weighted by Gasteiger charge is -2.28. The molecule has 5 heteroatoms. The van der Waals surface area contributed by atoms with E-state index in [0.29, 0.717) is 48.6 Å². The van der Waals surface area contributed by atoms with Gasteiger partial charge in [0.15, 0.2) is 11.5 Å². The number of carbonyl (C=O) groups excluding carboxylic acids is 1. The third-order valence-electron chi connectivity index (χ3n) is 5.97. The summed E-state index contributed by atoms with van der Waals surface area (Å²) in [5.41, 5.74) is 0.556. The van der Waals surface area contributed by atoms with Gasteiger partial charge in [0.05, 0.1) is 19.8 Å². The van der Waals surface area contributed by atoms with Crippen LogP contribution in [-0.4, -0.2) is 31.8 Å². The Morgan fingerprint density at radius 2 is 1.67 bits per heavy atom. The van der Waals surface area contributed by atoms with Crippen LogP contribution in [0.1, 0.15) is 63.7 Å². The fraction of sp³-hybridized carbons (Fsp3) is 0.682. The van der Waals surface area contributed by atoms with E-state index in [1.807, 2.05) is 20.8 Å². The van der Waals surface area contributed by atoms with E-state index in [-0.39, 0.29) is 11.9 Å². The molecule has 0 aliphatic heterocycles. The molecule has 0 radical (unpaired) electrons. The molecule has 1 aromatic rings. The summed E-state index contributed by atoms with van der Waals surface area (Å²) >= 11 is 0. The van der Waals surface area contributed by atoms with Crippen LogP contribution in [0.5, 0.6) is 17.2 Å². The van der Waals surface area contributed by atoms with Crippen molar-refractivity contribution in [2.45, 2.75) is 59.4 Å². The van der Waals surface area contributed by atoms with Gasteiger partial charge >= 0.3 is 0 Å². The maximum atomic E-state index is 12.9. The molecule has 2 bridgehead atoms. The van der Waals surface area contributed by atoms with Gasteiger partial charge in [0.1, 0.15) is 0 Å². The number of benzene rings is 1. The van der Waals surface area contributed by atoms with Crippen LogP contribution >= 0.6 is 0 Å². The molecule has 27 heavy (non-hydrogen) atoms. The quantitative estimate of drug-likeness (QED) is 0.693. The molecule has 0 aromatic heterocycles. The third-order valence-corrected chi connectivity index (χ3v) is 5.97. The molecule has 0 unspecified atom stereocenters. The molecule has 0 spiro atoms. The summed E-state index contributed by atoms with van der Waals surface area (Å²) in [7, 11) is 0. The van der Waals surface area contributed by atoms with Gasteiger partial charge in [-0.25, -0.2) is 0 Å². The van der Waals surface area contributed by atoms with Crippen molar-refractivity contribution in [3.63, 3.8) is 0 Å². The summed E-state index contributed by atoms with van der Waals surface area (Å²) in [5, 5.41) is 3.22. The lowest BCUT2D eigenvalue weighted by molar-refractivity contribution is 0.0914. The minimum absolute atomic E-state index is 0.0739. The first-order valence-corrected chi connectivity index (χ1v) is 10.4. The molecule has 0 saturated heterocycles. The van der Waals surface area contributed by atoms with Crippen LogP contribution in [0.2, 0.25) is 0 Å². The Labute approximate surface area is 162 Å². The van der Waals surface area contributed by atoms with Crippen molar-refractivity contribution in [2.24, 2.45) is 17.8 Å². The number of hydrogen-bond acceptors (Lipinski definition) is 4. The summed E-state index contributed by atoms with van der Waals surface area (Å²) in [6.45, 7) is 9.40. The highest BCUT2D eigenvalue weighted by molar-refractivity contribution is 5.95. The van der Waals surface area contributed by atoms with Crippen molar-refractivity contribution >= 4 is 5.91 Å². The van der Waals surface area contributed by atoms with Gasteiger partial charge in [0.2, 0.25) is 5.75 Å². The van der Waals surface area contributed by atoms with Crippen LogP contribution in [-0.2, 0) is 0 Å². The van der Waals surface area contributed by atoms with E-state index in [1.165, 1.54) is 25.7 Å². The Morgan fingerprint density at radius 3 is 2.15 bits per heavy atom. The summed E-state index contributed by atoms with van der Waals surface area (Å²) in [4.78, 5) is 12.9. The largest absolute Gasteiger partial charge is 0.490 e. The first-order chi connectivity index (χ1) is 13.1.